The first-order chi connectivity index (χ1) is 7.13. The van der Waals surface area contributed by atoms with Gasteiger partial charge >= 0.3 is 11.1 Å². The normalized spacial score (nSPS) is 9.62. The number of ether oxygens (including phenoxy) is 1. The summed E-state index contributed by atoms with van der Waals surface area (Å²) in [4.78, 5) is 21.7. The highest BCUT2D eigenvalue weighted by molar-refractivity contribution is 8.13. The zero-order valence-electron chi connectivity index (χ0n) is 8.56. The molecule has 0 amide bonds. The third-order valence-electron chi connectivity index (χ3n) is 1.49. The Hall–Kier alpha value is -0.920. The quantitative estimate of drug-likeness (QED) is 0.823. The van der Waals surface area contributed by atoms with Crippen LogP contribution in [-0.4, -0.2) is 17.6 Å². The summed E-state index contributed by atoms with van der Waals surface area (Å²) < 4.78 is 14.0. The molecule has 0 unspecified atom stereocenters. The van der Waals surface area contributed by atoms with Crippen LogP contribution < -0.4 is 11.6 Å². The van der Waals surface area contributed by atoms with E-state index in [1.807, 2.05) is 0 Å². The fraction of sp³-hybridized carbons (Fsp3) is 0.500. The second-order valence-corrected chi connectivity index (χ2v) is 3.64. The third kappa shape index (κ3) is 4.73. The molecule has 0 atom stereocenters. The van der Waals surface area contributed by atoms with E-state index in [2.05, 4.69) is 8.83 Å². The molecule has 0 aliphatic rings. The van der Waals surface area contributed by atoms with Crippen molar-refractivity contribution in [3.63, 3.8) is 0 Å². The summed E-state index contributed by atoms with van der Waals surface area (Å²) in [5.41, 5.74) is 5.21. The zero-order chi connectivity index (χ0) is 11.3. The fourth-order valence-corrected chi connectivity index (χ4v) is 1.24. The average molecular weight is 270 g/mol. The first-order valence-electron chi connectivity index (χ1n) is 4.22. The third-order valence-corrected chi connectivity index (χ3v) is 2.29. The Labute approximate surface area is 102 Å². The molecule has 0 aromatic carbocycles. The van der Waals surface area contributed by atoms with Crippen LogP contribution in [-0.2, 0) is 11.3 Å². The number of carbonyl (C=O) groups is 1. The van der Waals surface area contributed by atoms with Crippen molar-refractivity contribution < 1.29 is 18.4 Å². The molecule has 1 heterocycles. The van der Waals surface area contributed by atoms with Gasteiger partial charge in [-0.15, -0.1) is 12.4 Å². The summed E-state index contributed by atoms with van der Waals surface area (Å²) >= 11 is 0.972. The van der Waals surface area contributed by atoms with E-state index >= 15 is 0 Å². The minimum atomic E-state index is -0.798. The molecule has 92 valence electrons. The van der Waals surface area contributed by atoms with Crippen LogP contribution in [0, 0.1) is 6.92 Å². The van der Waals surface area contributed by atoms with Crippen LogP contribution in [0.1, 0.15) is 11.5 Å². The molecule has 0 saturated heterocycles. The number of nitrogens with two attached hydrogens (primary N) is 1. The van der Waals surface area contributed by atoms with Crippen molar-refractivity contribution in [2.75, 3.05) is 12.3 Å². The Bertz CT molecular complexity index is 388. The number of hydrogen-bond acceptors (Lipinski definition) is 7. The summed E-state index contributed by atoms with van der Waals surface area (Å²) in [6.45, 7) is 1.86. The SMILES string of the molecule is Cc1oc(=O)oc1COC(=O)SCCN.Cl. The molecule has 16 heavy (non-hydrogen) atoms. The molecule has 6 nitrogen and oxygen atoms in total. The first-order valence-corrected chi connectivity index (χ1v) is 5.21. The van der Waals surface area contributed by atoms with Crippen LogP contribution in [0.4, 0.5) is 4.79 Å². The van der Waals surface area contributed by atoms with Gasteiger partial charge in [0.05, 0.1) is 0 Å². The predicted octanol–water partition coefficient (Wildman–Crippen LogP) is 1.29. The zero-order valence-corrected chi connectivity index (χ0v) is 10.2. The van der Waals surface area contributed by atoms with Crippen LogP contribution in [0.25, 0.3) is 0 Å². The molecule has 1 aromatic heterocycles. The Morgan fingerprint density at radius 3 is 2.69 bits per heavy atom. The van der Waals surface area contributed by atoms with E-state index in [1.54, 1.807) is 6.92 Å². The van der Waals surface area contributed by atoms with Crippen molar-refractivity contribution in [1.82, 2.24) is 0 Å². The number of hydrogen-bond donors (Lipinski definition) is 1. The minimum Gasteiger partial charge on any atom is -0.449 e. The van der Waals surface area contributed by atoms with Gasteiger partial charge in [0.1, 0.15) is 0 Å². The minimum absolute atomic E-state index is 0. The largest absolute Gasteiger partial charge is 0.519 e. The smallest absolute Gasteiger partial charge is 0.449 e. The van der Waals surface area contributed by atoms with Gasteiger partial charge in [0.15, 0.2) is 18.1 Å². The summed E-state index contributed by atoms with van der Waals surface area (Å²) in [5.74, 6) is 0.235. The van der Waals surface area contributed by atoms with E-state index in [4.69, 9.17) is 10.5 Å². The van der Waals surface area contributed by atoms with E-state index in [9.17, 15) is 9.59 Å². The van der Waals surface area contributed by atoms with E-state index < -0.39 is 11.1 Å². The van der Waals surface area contributed by atoms with Gasteiger partial charge in [-0.3, -0.25) is 0 Å². The lowest BCUT2D eigenvalue weighted by atomic mass is 10.4. The molecule has 8 heteroatoms. The van der Waals surface area contributed by atoms with Crippen molar-refractivity contribution in [3.8, 4) is 0 Å². The Kier molecular flexibility index (Phi) is 6.95. The highest BCUT2D eigenvalue weighted by Gasteiger charge is 2.11. The lowest BCUT2D eigenvalue weighted by molar-refractivity contribution is 0.158. The van der Waals surface area contributed by atoms with Crippen LogP contribution in [0.5, 0.6) is 0 Å². The molecule has 2 N–H and O–H groups in total. The van der Waals surface area contributed by atoms with Crippen molar-refractivity contribution in [2.45, 2.75) is 13.5 Å². The Morgan fingerprint density at radius 1 is 1.50 bits per heavy atom. The van der Waals surface area contributed by atoms with E-state index in [1.165, 1.54) is 0 Å². The summed E-state index contributed by atoms with van der Waals surface area (Å²) in [6, 6.07) is 0. The Balaban J connectivity index is 0.00000225. The number of aryl methyl sites for hydroxylation is 1. The number of thioether (sulfide) groups is 1. The number of carbonyl (C=O) groups excluding carboxylic acids is 1. The van der Waals surface area contributed by atoms with Crippen LogP contribution >= 0.6 is 24.2 Å². The van der Waals surface area contributed by atoms with E-state index in [-0.39, 0.29) is 24.8 Å². The van der Waals surface area contributed by atoms with Gasteiger partial charge in [-0.2, -0.15) is 0 Å². The molecule has 0 saturated carbocycles. The summed E-state index contributed by atoms with van der Waals surface area (Å²) in [5, 5.41) is -0.455. The molecule has 0 bridgehead atoms. The average Bonchev–Trinajstić information content (AvgIpc) is 2.51. The molecule has 1 rings (SSSR count). The van der Waals surface area contributed by atoms with Crippen molar-refractivity contribution in [2.24, 2.45) is 5.73 Å². The predicted molar refractivity (Wildman–Crippen MR) is 60.9 cm³/mol. The maximum atomic E-state index is 11.0. The monoisotopic (exact) mass is 269 g/mol. The highest BCUT2D eigenvalue weighted by Crippen LogP contribution is 2.10. The molecule has 0 aliphatic heterocycles. The number of rotatable bonds is 4. The van der Waals surface area contributed by atoms with Gasteiger partial charge in [-0.1, -0.05) is 0 Å². The van der Waals surface area contributed by atoms with Crippen LogP contribution in [0.2, 0.25) is 0 Å². The number of halogens is 1. The fourth-order valence-electron chi connectivity index (χ4n) is 0.815. The highest BCUT2D eigenvalue weighted by atomic mass is 35.5. The molecule has 0 spiro atoms. The molecule has 0 fully saturated rings. The second-order valence-electron chi connectivity index (χ2n) is 2.61. The maximum Gasteiger partial charge on any atom is 0.519 e. The summed E-state index contributed by atoms with van der Waals surface area (Å²) in [6.07, 6.45) is 0. The molecular formula is C8H12ClNO5S. The molecule has 0 aliphatic carbocycles. The Morgan fingerprint density at radius 2 is 2.19 bits per heavy atom. The van der Waals surface area contributed by atoms with Gasteiger partial charge < -0.3 is 19.3 Å². The standard InChI is InChI=1S/C8H11NO5S.ClH/c1-5-6(14-7(10)13-5)4-12-8(11)15-3-2-9;/h2-4,9H2,1H3;1H. The van der Waals surface area contributed by atoms with Crippen molar-refractivity contribution in [1.29, 1.82) is 0 Å². The molecule has 0 radical (unpaired) electrons. The maximum absolute atomic E-state index is 11.0. The van der Waals surface area contributed by atoms with Gasteiger partial charge in [-0.05, 0) is 18.7 Å². The van der Waals surface area contributed by atoms with Gasteiger partial charge in [0, 0.05) is 12.3 Å². The van der Waals surface area contributed by atoms with Gasteiger partial charge in [-0.25, -0.2) is 9.59 Å². The van der Waals surface area contributed by atoms with Crippen LogP contribution in [0.15, 0.2) is 13.6 Å². The van der Waals surface area contributed by atoms with Crippen LogP contribution in [0.3, 0.4) is 0 Å². The lowest BCUT2D eigenvalue weighted by Gasteiger charge is -2.00. The van der Waals surface area contributed by atoms with Gasteiger partial charge in [0.25, 0.3) is 0 Å². The second kappa shape index (κ2) is 7.37. The topological polar surface area (TPSA) is 95.7 Å². The van der Waals surface area contributed by atoms with E-state index in [0.29, 0.717) is 18.1 Å². The van der Waals surface area contributed by atoms with E-state index in [0.717, 1.165) is 11.8 Å². The molecular weight excluding hydrogens is 258 g/mol. The first kappa shape index (κ1) is 15.1. The lowest BCUT2D eigenvalue weighted by Crippen LogP contribution is -2.06. The molecule has 1 aromatic rings. The van der Waals surface area contributed by atoms with Gasteiger partial charge in [0.2, 0.25) is 0 Å². The van der Waals surface area contributed by atoms with Crippen molar-refractivity contribution >= 4 is 29.5 Å². The van der Waals surface area contributed by atoms with Crippen molar-refractivity contribution in [3.05, 3.63) is 22.1 Å². The summed E-state index contributed by atoms with van der Waals surface area (Å²) in [7, 11) is 0.